The van der Waals surface area contributed by atoms with Crippen LogP contribution in [0.2, 0.25) is 0 Å². The molecule has 0 aromatic carbocycles. The molecular weight excluding hydrogens is 284 g/mol. The van der Waals surface area contributed by atoms with Crippen LogP contribution in [0.3, 0.4) is 0 Å². The van der Waals surface area contributed by atoms with Gasteiger partial charge in [-0.15, -0.1) is 0 Å². The van der Waals surface area contributed by atoms with Crippen molar-refractivity contribution < 1.29 is 0 Å². The van der Waals surface area contributed by atoms with Gasteiger partial charge in [0, 0.05) is 10.7 Å². The van der Waals surface area contributed by atoms with E-state index in [2.05, 4.69) is 40.8 Å². The van der Waals surface area contributed by atoms with Crippen molar-refractivity contribution >= 4 is 32.9 Å². The second-order valence-electron chi connectivity index (χ2n) is 3.38. The maximum absolute atomic E-state index is 5.73. The summed E-state index contributed by atoms with van der Waals surface area (Å²) in [6.07, 6.45) is 3.08. The molecular formula is C10H7BrN6. The van der Waals surface area contributed by atoms with Gasteiger partial charge in [-0.1, -0.05) is 0 Å². The number of nitrogens with two attached hydrogens (primary N) is 1. The number of H-pyrrole nitrogens is 1. The number of nitrogens with one attached hydrogen (secondary N) is 1. The number of pyridine rings is 1. The van der Waals surface area contributed by atoms with Crippen molar-refractivity contribution in [3.05, 3.63) is 29.1 Å². The minimum Gasteiger partial charge on any atom is -0.382 e. The molecule has 0 saturated heterocycles. The van der Waals surface area contributed by atoms with E-state index >= 15 is 0 Å². The Morgan fingerprint density at radius 3 is 2.88 bits per heavy atom. The van der Waals surface area contributed by atoms with E-state index in [0.29, 0.717) is 28.5 Å². The summed E-state index contributed by atoms with van der Waals surface area (Å²) in [6.45, 7) is 0. The molecule has 3 rings (SSSR count). The van der Waals surface area contributed by atoms with Gasteiger partial charge in [0.1, 0.15) is 17.5 Å². The Labute approximate surface area is 104 Å². The Balaban J connectivity index is 2.26. The molecule has 17 heavy (non-hydrogen) atoms. The summed E-state index contributed by atoms with van der Waals surface area (Å²) < 4.78 is 0.852. The fourth-order valence-electron chi connectivity index (χ4n) is 1.52. The van der Waals surface area contributed by atoms with Gasteiger partial charge in [-0.05, 0) is 28.1 Å². The van der Waals surface area contributed by atoms with Crippen LogP contribution >= 0.6 is 15.9 Å². The lowest BCUT2D eigenvalue weighted by Gasteiger charge is -1.97. The van der Waals surface area contributed by atoms with E-state index in [0.717, 1.165) is 4.47 Å². The lowest BCUT2D eigenvalue weighted by atomic mass is 10.3. The summed E-state index contributed by atoms with van der Waals surface area (Å²) in [4.78, 5) is 19.6. The maximum Gasteiger partial charge on any atom is 0.183 e. The molecule has 3 aromatic rings. The van der Waals surface area contributed by atoms with Crippen LogP contribution in [0, 0.1) is 0 Å². The second kappa shape index (κ2) is 3.77. The van der Waals surface area contributed by atoms with Crippen LogP contribution in [-0.2, 0) is 0 Å². The highest BCUT2D eigenvalue weighted by molar-refractivity contribution is 9.10. The molecule has 0 spiro atoms. The van der Waals surface area contributed by atoms with Gasteiger partial charge in [-0.25, -0.2) is 15.0 Å². The highest BCUT2D eigenvalue weighted by atomic mass is 79.9. The zero-order valence-corrected chi connectivity index (χ0v) is 10.1. The predicted octanol–water partition coefficient (Wildman–Crippen LogP) is 1.76. The van der Waals surface area contributed by atoms with Gasteiger partial charge in [0.15, 0.2) is 17.3 Å². The van der Waals surface area contributed by atoms with Crippen LogP contribution in [0.1, 0.15) is 0 Å². The van der Waals surface area contributed by atoms with Crippen LogP contribution in [0.15, 0.2) is 29.1 Å². The third-order valence-electron chi connectivity index (χ3n) is 2.30. The van der Waals surface area contributed by atoms with Crippen molar-refractivity contribution in [1.82, 2.24) is 24.9 Å². The zero-order valence-electron chi connectivity index (χ0n) is 8.55. The Hall–Kier alpha value is -2.02. The molecule has 3 heterocycles. The predicted molar refractivity (Wildman–Crippen MR) is 67.0 cm³/mol. The second-order valence-corrected chi connectivity index (χ2v) is 4.23. The number of rotatable bonds is 1. The molecule has 0 aliphatic carbocycles. The van der Waals surface area contributed by atoms with Gasteiger partial charge < -0.3 is 10.7 Å². The van der Waals surface area contributed by atoms with Gasteiger partial charge in [0.05, 0.1) is 0 Å². The number of nitrogens with zero attached hydrogens (tertiary/aromatic N) is 4. The summed E-state index contributed by atoms with van der Waals surface area (Å²) in [5.74, 6) is 0.987. The van der Waals surface area contributed by atoms with Crippen LogP contribution in [0.25, 0.3) is 22.7 Å². The molecule has 0 atom stereocenters. The Morgan fingerprint density at radius 1 is 1.24 bits per heavy atom. The molecule has 6 nitrogen and oxygen atoms in total. The SMILES string of the molecule is Nc1ncnc2nc(-c3ncccc3Br)[nH]c12. The number of hydrogen-bond donors (Lipinski definition) is 2. The summed E-state index contributed by atoms with van der Waals surface area (Å²) in [5, 5.41) is 0. The molecule has 0 bridgehead atoms. The van der Waals surface area contributed by atoms with Crippen LogP contribution in [0.5, 0.6) is 0 Å². The summed E-state index contributed by atoms with van der Waals surface area (Å²) in [6, 6.07) is 3.73. The number of aromatic nitrogens is 5. The fourth-order valence-corrected chi connectivity index (χ4v) is 1.96. The lowest BCUT2D eigenvalue weighted by Crippen LogP contribution is -1.91. The summed E-state index contributed by atoms with van der Waals surface area (Å²) in [5.41, 5.74) is 7.60. The van der Waals surface area contributed by atoms with E-state index in [4.69, 9.17) is 5.73 Å². The topological polar surface area (TPSA) is 93.4 Å². The molecule has 0 aliphatic rings. The van der Waals surface area contributed by atoms with Crippen molar-refractivity contribution in [2.45, 2.75) is 0 Å². The Bertz CT molecular complexity index is 692. The smallest absolute Gasteiger partial charge is 0.183 e. The third kappa shape index (κ3) is 1.64. The normalized spacial score (nSPS) is 10.9. The zero-order chi connectivity index (χ0) is 11.8. The number of imidazole rings is 1. The Morgan fingerprint density at radius 2 is 2.12 bits per heavy atom. The standard InChI is InChI=1S/C10H7BrN6/c11-5-2-1-3-13-6(5)10-16-7-8(12)14-4-15-9(7)17-10/h1-4H,(H3,12,14,15,16,17). The van der Waals surface area contributed by atoms with E-state index < -0.39 is 0 Å². The van der Waals surface area contributed by atoms with E-state index in [-0.39, 0.29) is 0 Å². The van der Waals surface area contributed by atoms with E-state index in [1.165, 1.54) is 6.33 Å². The summed E-state index contributed by atoms with van der Waals surface area (Å²) in [7, 11) is 0. The van der Waals surface area contributed by atoms with Crippen LogP contribution < -0.4 is 5.73 Å². The van der Waals surface area contributed by atoms with E-state index in [1.54, 1.807) is 6.20 Å². The van der Waals surface area contributed by atoms with Gasteiger partial charge >= 0.3 is 0 Å². The molecule has 0 aliphatic heterocycles. The average Bonchev–Trinajstić information content (AvgIpc) is 2.75. The van der Waals surface area contributed by atoms with E-state index in [9.17, 15) is 0 Å². The lowest BCUT2D eigenvalue weighted by molar-refractivity contribution is 1.20. The van der Waals surface area contributed by atoms with Gasteiger partial charge in [0.25, 0.3) is 0 Å². The molecule has 0 amide bonds. The molecule has 0 unspecified atom stereocenters. The molecule has 7 heteroatoms. The van der Waals surface area contributed by atoms with Gasteiger partial charge in [-0.2, -0.15) is 0 Å². The third-order valence-corrected chi connectivity index (χ3v) is 2.94. The average molecular weight is 291 g/mol. The first-order valence-electron chi connectivity index (χ1n) is 4.83. The van der Waals surface area contributed by atoms with Crippen molar-refractivity contribution in [2.75, 3.05) is 5.73 Å². The van der Waals surface area contributed by atoms with Crippen molar-refractivity contribution in [1.29, 1.82) is 0 Å². The number of nitrogen functional groups attached to an aromatic ring is 1. The molecule has 0 saturated carbocycles. The molecule has 0 radical (unpaired) electrons. The largest absolute Gasteiger partial charge is 0.382 e. The van der Waals surface area contributed by atoms with Crippen LogP contribution in [0.4, 0.5) is 5.82 Å². The number of anilines is 1. The number of fused-ring (bicyclic) bond motifs is 1. The monoisotopic (exact) mass is 290 g/mol. The minimum atomic E-state index is 0.376. The van der Waals surface area contributed by atoms with E-state index in [1.807, 2.05) is 12.1 Å². The quantitative estimate of drug-likeness (QED) is 0.712. The highest BCUT2D eigenvalue weighted by Gasteiger charge is 2.11. The van der Waals surface area contributed by atoms with Crippen molar-refractivity contribution in [2.24, 2.45) is 0 Å². The molecule has 3 aromatic heterocycles. The number of halogens is 1. The Kier molecular flexibility index (Phi) is 2.25. The van der Waals surface area contributed by atoms with Crippen LogP contribution in [-0.4, -0.2) is 24.9 Å². The summed E-state index contributed by atoms with van der Waals surface area (Å²) >= 11 is 3.42. The molecule has 3 N–H and O–H groups in total. The van der Waals surface area contributed by atoms with Gasteiger partial charge in [0.2, 0.25) is 0 Å². The first-order valence-corrected chi connectivity index (χ1v) is 5.62. The minimum absolute atomic E-state index is 0.376. The highest BCUT2D eigenvalue weighted by Crippen LogP contribution is 2.25. The maximum atomic E-state index is 5.73. The van der Waals surface area contributed by atoms with Crippen molar-refractivity contribution in [3.63, 3.8) is 0 Å². The molecule has 84 valence electrons. The number of aromatic amines is 1. The first kappa shape index (κ1) is 10.2. The first-order chi connectivity index (χ1) is 8.25. The molecule has 0 fully saturated rings. The number of hydrogen-bond acceptors (Lipinski definition) is 5. The van der Waals surface area contributed by atoms with Crippen molar-refractivity contribution in [3.8, 4) is 11.5 Å². The fraction of sp³-hybridized carbons (Fsp3) is 0. The van der Waals surface area contributed by atoms with Gasteiger partial charge in [-0.3, -0.25) is 4.98 Å².